The zero-order valence-corrected chi connectivity index (χ0v) is 45.9. The zero-order valence-electron chi connectivity index (χ0n) is 44.4. The number of hydrogen-bond donors (Lipinski definition) is 3. The van der Waals surface area contributed by atoms with Gasteiger partial charge in [0, 0.05) is 54.9 Å². The number of carbonyl (C=O) groups is 5. The molecule has 0 bridgehead atoms. The van der Waals surface area contributed by atoms with E-state index >= 15 is 0 Å². The van der Waals surface area contributed by atoms with Crippen LogP contribution in [-0.2, 0) is 33.8 Å². The summed E-state index contributed by atoms with van der Waals surface area (Å²) >= 11 is 6.33. The van der Waals surface area contributed by atoms with Gasteiger partial charge in [0.15, 0.2) is 15.6 Å². The highest BCUT2D eigenvalue weighted by Crippen LogP contribution is 2.77. The molecule has 5 saturated carbocycles. The number of nitrogens with zero attached hydrogens (tertiary/aromatic N) is 1. The number of ketones is 1. The fraction of sp³-hybridized carbons (Fsp3) is 0.768. The zero-order chi connectivity index (χ0) is 52.1. The molecule has 0 spiro atoms. The highest BCUT2D eigenvalue weighted by Gasteiger charge is 2.70. The van der Waals surface area contributed by atoms with Crippen molar-refractivity contribution in [1.82, 2.24) is 15.5 Å². The van der Waals surface area contributed by atoms with E-state index in [0.29, 0.717) is 60.6 Å². The first-order chi connectivity index (χ1) is 32.9. The normalized spacial score (nSPS) is 36.0. The van der Waals surface area contributed by atoms with Gasteiger partial charge in [-0.15, -0.1) is 0 Å². The van der Waals surface area contributed by atoms with Crippen molar-refractivity contribution in [2.24, 2.45) is 68.0 Å². The summed E-state index contributed by atoms with van der Waals surface area (Å²) in [7, 11) is -3.01. The Morgan fingerprint density at radius 1 is 0.887 bits per heavy atom. The predicted octanol–water partition coefficient (Wildman–Crippen LogP) is 9.10. The van der Waals surface area contributed by atoms with Crippen molar-refractivity contribution in [1.29, 1.82) is 0 Å². The van der Waals surface area contributed by atoms with E-state index in [1.807, 2.05) is 32.6 Å². The van der Waals surface area contributed by atoms with Crippen LogP contribution in [0.5, 0.6) is 5.75 Å². The number of aliphatic carboxylic acids is 1. The van der Waals surface area contributed by atoms with Gasteiger partial charge in [0.1, 0.15) is 18.5 Å². The smallest absolute Gasteiger partial charge is 0.309 e. The first-order valence-corrected chi connectivity index (χ1v) is 28.8. The van der Waals surface area contributed by atoms with Gasteiger partial charge in [-0.3, -0.25) is 28.9 Å². The number of halogens is 1. The van der Waals surface area contributed by atoms with E-state index in [-0.39, 0.29) is 94.2 Å². The van der Waals surface area contributed by atoms with Gasteiger partial charge >= 0.3 is 11.9 Å². The molecule has 10 atom stereocenters. The third kappa shape index (κ3) is 9.41. The molecule has 7 aliphatic rings. The lowest BCUT2D eigenvalue weighted by Crippen LogP contribution is -2.66. The number of rotatable bonds is 14. The van der Waals surface area contributed by atoms with Gasteiger partial charge in [-0.05, 0) is 141 Å². The first-order valence-electron chi connectivity index (χ1n) is 26.6. The third-order valence-electron chi connectivity index (χ3n) is 20.6. The Hall–Kier alpha value is -3.49. The van der Waals surface area contributed by atoms with Gasteiger partial charge < -0.3 is 25.2 Å². The molecule has 1 aliphatic heterocycles. The van der Waals surface area contributed by atoms with Crippen molar-refractivity contribution in [2.75, 3.05) is 44.3 Å². The van der Waals surface area contributed by atoms with Gasteiger partial charge in [-0.2, -0.15) is 0 Å². The molecule has 0 aromatic heterocycles. The number of amides is 2. The number of carboxylic acids is 1. The van der Waals surface area contributed by atoms with Crippen molar-refractivity contribution >= 4 is 51.0 Å². The number of carboxylic acid groups (broad SMARTS) is 1. The second kappa shape index (κ2) is 18.7. The molecule has 13 nitrogen and oxygen atoms in total. The average Bonchev–Trinajstić information content (AvgIpc) is 3.55. The van der Waals surface area contributed by atoms with E-state index < -0.39 is 44.0 Å². The van der Waals surface area contributed by atoms with Crippen LogP contribution >= 0.6 is 11.6 Å². The summed E-state index contributed by atoms with van der Waals surface area (Å²) in [6.45, 7) is 25.6. The maximum atomic E-state index is 14.3. The number of hydrogen-bond acceptors (Lipinski definition) is 10. The van der Waals surface area contributed by atoms with Crippen LogP contribution in [0.2, 0.25) is 5.02 Å². The van der Waals surface area contributed by atoms with E-state index in [4.69, 9.17) is 21.1 Å². The number of sulfone groups is 1. The van der Waals surface area contributed by atoms with Crippen molar-refractivity contribution in [2.45, 2.75) is 158 Å². The van der Waals surface area contributed by atoms with Crippen LogP contribution < -0.4 is 15.4 Å². The van der Waals surface area contributed by atoms with Gasteiger partial charge in [0.25, 0.3) is 5.91 Å². The second-order valence-corrected chi connectivity index (χ2v) is 28.8. The van der Waals surface area contributed by atoms with E-state index in [0.717, 1.165) is 56.9 Å². The maximum absolute atomic E-state index is 14.3. The molecule has 6 fully saturated rings. The molecule has 8 rings (SSSR count). The number of benzene rings is 1. The van der Waals surface area contributed by atoms with Crippen LogP contribution in [0.4, 0.5) is 0 Å². The topological polar surface area (TPSA) is 185 Å². The number of carbonyl (C=O) groups excluding carboxylic acids is 4. The standard InChI is InChI=1S/C56H82ClN3O10S/c1-33(2)45-39(61)30-56(31-44(62)58-32-50(3,4)59-47(63)35-13-12-34(57)28-40(35)69-25-22-60-23-26-71(67,68)27-24-60)21-20-54(10)36(46(45)56)14-15-42-53(9)18-17-43(52(7,8)41(53)16-19-55(42,54)11)70-49(66)38-29-37(48(64)65)51(38,5)6/h12-13,28,33,36-38,41-43H,14-27,29-32H2,1-11H3,(H,58,62)(H,59,63)(H,64,65)/t36-,37+,38-,41+,42-,43+,53+,54-,55-,56+/m1/s1. The quantitative estimate of drug-likeness (QED) is 0.151. The largest absolute Gasteiger partial charge is 0.491 e. The molecule has 1 aromatic rings. The Balaban J connectivity index is 0.935. The maximum Gasteiger partial charge on any atom is 0.309 e. The third-order valence-corrected chi connectivity index (χ3v) is 22.4. The fourth-order valence-corrected chi connectivity index (χ4v) is 17.7. The molecule has 1 aromatic carbocycles. The lowest BCUT2D eigenvalue weighted by atomic mass is 9.33. The first kappa shape index (κ1) is 53.8. The highest BCUT2D eigenvalue weighted by molar-refractivity contribution is 7.91. The molecule has 394 valence electrons. The Labute approximate surface area is 428 Å². The Morgan fingerprint density at radius 3 is 2.23 bits per heavy atom. The molecule has 2 amide bonds. The number of allylic oxidation sites excluding steroid dienone is 2. The predicted molar refractivity (Wildman–Crippen MR) is 274 cm³/mol. The van der Waals surface area contributed by atoms with E-state index in [9.17, 15) is 37.5 Å². The van der Waals surface area contributed by atoms with Crippen LogP contribution in [0.1, 0.15) is 157 Å². The van der Waals surface area contributed by atoms with Crippen LogP contribution in [0.25, 0.3) is 0 Å². The molecule has 0 unspecified atom stereocenters. The number of Topliss-reactive ketones (excluding diaryl/α,β-unsaturated/α-hetero) is 1. The van der Waals surface area contributed by atoms with Crippen LogP contribution in [-0.4, -0.2) is 104 Å². The molecule has 0 radical (unpaired) electrons. The summed E-state index contributed by atoms with van der Waals surface area (Å²) in [5.41, 5.74) is 0.0409. The lowest BCUT2D eigenvalue weighted by Gasteiger charge is -2.72. The minimum Gasteiger partial charge on any atom is -0.491 e. The Kier molecular flexibility index (Phi) is 14.2. The summed E-state index contributed by atoms with van der Waals surface area (Å²) in [6, 6.07) is 4.85. The number of ether oxygens (including phenoxy) is 2. The van der Waals surface area contributed by atoms with E-state index in [2.05, 4.69) is 59.1 Å². The van der Waals surface area contributed by atoms with Crippen molar-refractivity contribution in [3.8, 4) is 5.75 Å². The van der Waals surface area contributed by atoms with Crippen molar-refractivity contribution in [3.63, 3.8) is 0 Å². The molecule has 15 heteroatoms. The molecule has 6 aliphatic carbocycles. The molecular weight excluding hydrogens is 942 g/mol. The monoisotopic (exact) mass is 1020 g/mol. The Bertz CT molecular complexity index is 2470. The molecule has 1 saturated heterocycles. The van der Waals surface area contributed by atoms with Gasteiger partial charge in [-0.25, -0.2) is 8.42 Å². The van der Waals surface area contributed by atoms with Crippen molar-refractivity contribution < 1.29 is 47.0 Å². The average molecular weight is 1020 g/mol. The van der Waals surface area contributed by atoms with Gasteiger partial charge in [-0.1, -0.05) is 79.5 Å². The fourth-order valence-electron chi connectivity index (χ4n) is 16.3. The minimum atomic E-state index is -3.01. The highest BCUT2D eigenvalue weighted by atomic mass is 35.5. The van der Waals surface area contributed by atoms with Crippen LogP contribution in [0.15, 0.2) is 29.3 Å². The number of fused-ring (bicyclic) bond motifs is 7. The van der Waals surface area contributed by atoms with Crippen LogP contribution in [0, 0.1) is 68.0 Å². The second-order valence-electron chi connectivity index (χ2n) is 26.0. The molecule has 1 heterocycles. The lowest BCUT2D eigenvalue weighted by molar-refractivity contribution is -0.236. The minimum absolute atomic E-state index is 0.0128. The Morgan fingerprint density at radius 2 is 1.58 bits per heavy atom. The number of nitrogens with one attached hydrogen (secondary N) is 2. The summed E-state index contributed by atoms with van der Waals surface area (Å²) in [5.74, 6) is -0.888. The van der Waals surface area contributed by atoms with Gasteiger partial charge in [0.05, 0.1) is 34.4 Å². The van der Waals surface area contributed by atoms with Crippen molar-refractivity contribution in [3.05, 3.63) is 39.9 Å². The molecule has 3 N–H and O–H groups in total. The molecular formula is C56H82ClN3O10S. The number of esters is 1. The summed E-state index contributed by atoms with van der Waals surface area (Å²) in [6.07, 6.45) is 8.09. The molecule has 71 heavy (non-hydrogen) atoms. The SMILES string of the molecule is CC(C)C1=C2[C@H]3CC[C@@H]4[C@@]5(C)CC[C@H](OC(=O)[C@H]6C[C@@H](C(=O)O)C6(C)C)C(C)(C)[C@@H]5CC[C@@]4(C)[C@]3(C)CC[C@@]2(CC(=O)NCC(C)(C)NC(=O)c2ccc(Cl)cc2OCCN2CCS(=O)(=O)CC2)CC1=O. The summed E-state index contributed by atoms with van der Waals surface area (Å²) in [5, 5.41) is 16.4. The van der Waals surface area contributed by atoms with E-state index in [1.165, 1.54) is 5.57 Å². The summed E-state index contributed by atoms with van der Waals surface area (Å²) in [4.78, 5) is 70.1. The van der Waals surface area contributed by atoms with Gasteiger partial charge in [0.2, 0.25) is 5.91 Å². The van der Waals surface area contributed by atoms with Crippen LogP contribution in [0.3, 0.4) is 0 Å². The van der Waals surface area contributed by atoms with E-state index in [1.54, 1.807) is 18.2 Å². The summed E-state index contributed by atoms with van der Waals surface area (Å²) < 4.78 is 36.3.